The Morgan fingerprint density at radius 2 is 1.90 bits per heavy atom. The number of aromatic nitrogens is 2. The Morgan fingerprint density at radius 1 is 1.17 bits per heavy atom. The van der Waals surface area contributed by atoms with Crippen LogP contribution in [0.2, 0.25) is 0 Å². The Labute approximate surface area is 191 Å². The Balaban J connectivity index is 1.40. The number of nitrogens with zero attached hydrogens (tertiary/aromatic N) is 2. The molecule has 7 heteroatoms. The molecule has 1 N–H and O–H groups in total. The minimum absolute atomic E-state index is 0.146. The van der Waals surface area contributed by atoms with Gasteiger partial charge >= 0.3 is 6.09 Å². The third-order valence-electron chi connectivity index (χ3n) is 6.00. The molecule has 2 bridgehead atoms. The van der Waals surface area contributed by atoms with Crippen LogP contribution in [-0.4, -0.2) is 27.3 Å². The van der Waals surface area contributed by atoms with Crippen LogP contribution in [0.5, 0.6) is 0 Å². The molecule has 1 aromatic heterocycles. The summed E-state index contributed by atoms with van der Waals surface area (Å²) in [6.07, 6.45) is 5.00. The predicted octanol–water partition coefficient (Wildman–Crippen LogP) is 5.07. The average Bonchev–Trinajstić information content (AvgIpc) is 3.00. The lowest BCUT2D eigenvalue weighted by molar-refractivity contribution is 0.00494. The summed E-state index contributed by atoms with van der Waals surface area (Å²) in [4.78, 5) is 17.0. The van der Waals surface area contributed by atoms with Crippen molar-refractivity contribution >= 4 is 28.7 Å². The van der Waals surface area contributed by atoms with Crippen LogP contribution < -0.4 is 5.32 Å². The summed E-state index contributed by atoms with van der Waals surface area (Å²) >= 11 is 2.27. The van der Waals surface area contributed by atoms with Gasteiger partial charge in [0.05, 0.1) is 6.61 Å². The first-order valence-electron chi connectivity index (χ1n) is 10.6. The fourth-order valence-corrected chi connectivity index (χ4v) is 5.18. The SMILES string of the molecule is CC(C)(C)OC(=O)NC1C[C@@H](n2cc(I)nc2COCc2ccccc2)C2CC1C2. The Morgan fingerprint density at radius 3 is 2.60 bits per heavy atom. The molecule has 3 aliphatic rings. The van der Waals surface area contributed by atoms with Gasteiger partial charge in [0.15, 0.2) is 0 Å². The Bertz CT molecular complexity index is 872. The largest absolute Gasteiger partial charge is 0.444 e. The average molecular weight is 523 g/mol. The first-order valence-corrected chi connectivity index (χ1v) is 11.7. The van der Waals surface area contributed by atoms with E-state index in [1.807, 2.05) is 39.0 Å². The van der Waals surface area contributed by atoms with Gasteiger partial charge in [-0.2, -0.15) is 0 Å². The predicted molar refractivity (Wildman–Crippen MR) is 123 cm³/mol. The van der Waals surface area contributed by atoms with Crippen molar-refractivity contribution in [2.24, 2.45) is 11.8 Å². The highest BCUT2D eigenvalue weighted by atomic mass is 127. The van der Waals surface area contributed by atoms with E-state index in [9.17, 15) is 4.79 Å². The lowest BCUT2D eigenvalue weighted by Gasteiger charge is -2.51. The summed E-state index contributed by atoms with van der Waals surface area (Å²) in [7, 11) is 0. The zero-order valence-corrected chi connectivity index (χ0v) is 20.0. The van der Waals surface area contributed by atoms with Crippen molar-refractivity contribution in [2.45, 2.75) is 70.9 Å². The lowest BCUT2D eigenvalue weighted by atomic mass is 9.60. The number of hydrogen-bond acceptors (Lipinski definition) is 4. The van der Waals surface area contributed by atoms with E-state index in [1.54, 1.807) is 0 Å². The van der Waals surface area contributed by atoms with Gasteiger partial charge in [-0.05, 0) is 80.0 Å². The number of nitrogens with one attached hydrogen (secondary N) is 1. The Kier molecular flexibility index (Phi) is 6.39. The minimum Gasteiger partial charge on any atom is -0.444 e. The monoisotopic (exact) mass is 523 g/mol. The molecule has 3 fully saturated rings. The third-order valence-corrected chi connectivity index (χ3v) is 6.52. The molecule has 2 aromatic rings. The van der Waals surface area contributed by atoms with Crippen LogP contribution in [0.3, 0.4) is 0 Å². The van der Waals surface area contributed by atoms with Crippen LogP contribution >= 0.6 is 22.6 Å². The summed E-state index contributed by atoms with van der Waals surface area (Å²) in [5, 5.41) is 3.13. The highest BCUT2D eigenvalue weighted by Gasteiger charge is 2.47. The maximum Gasteiger partial charge on any atom is 0.407 e. The molecule has 5 rings (SSSR count). The normalized spacial score (nSPS) is 25.5. The number of carbonyl (C=O) groups is 1. The van der Waals surface area contributed by atoms with Gasteiger partial charge in [-0.15, -0.1) is 0 Å². The van der Waals surface area contributed by atoms with Crippen LogP contribution in [0.25, 0.3) is 0 Å². The molecule has 2 atom stereocenters. The number of hydrogen-bond donors (Lipinski definition) is 1. The number of fused-ring (bicyclic) bond motifs is 2. The molecule has 0 spiro atoms. The molecule has 6 nitrogen and oxygen atoms in total. The van der Waals surface area contributed by atoms with Crippen molar-refractivity contribution in [1.29, 1.82) is 0 Å². The number of alkyl carbamates (subject to hydrolysis) is 1. The molecule has 1 unspecified atom stereocenters. The highest BCUT2D eigenvalue weighted by Crippen LogP contribution is 2.51. The Hall–Kier alpha value is -1.61. The van der Waals surface area contributed by atoms with Crippen LogP contribution in [0, 0.1) is 15.5 Å². The quantitative estimate of drug-likeness (QED) is 0.538. The molecule has 0 aliphatic heterocycles. The molecule has 1 aromatic carbocycles. The summed E-state index contributed by atoms with van der Waals surface area (Å²) in [5.41, 5.74) is 0.677. The van der Waals surface area contributed by atoms with Gasteiger partial charge in [0.25, 0.3) is 0 Å². The second-order valence-corrected chi connectivity index (χ2v) is 10.5. The second-order valence-electron chi connectivity index (χ2n) is 9.41. The third kappa shape index (κ3) is 5.17. The van der Waals surface area contributed by atoms with Crippen molar-refractivity contribution in [1.82, 2.24) is 14.9 Å². The molecule has 162 valence electrons. The summed E-state index contributed by atoms with van der Waals surface area (Å²) in [5.74, 6) is 2.16. The molecule has 1 amide bonds. The maximum atomic E-state index is 12.3. The van der Waals surface area contributed by atoms with E-state index in [0.29, 0.717) is 31.1 Å². The molecule has 0 radical (unpaired) electrons. The van der Waals surface area contributed by atoms with Crippen LogP contribution in [-0.2, 0) is 22.7 Å². The molecular formula is C23H30IN3O3. The first kappa shape index (κ1) is 21.6. The number of carbonyl (C=O) groups excluding carboxylic acids is 1. The standard InChI is InChI=1S/C23H30IN3O3/c1-23(2,3)30-22(28)25-18-11-19(17-9-16(18)10-17)27-12-20(24)26-21(27)14-29-13-15-7-5-4-6-8-15/h4-8,12,16-19H,9-11,13-14H2,1-3H3,(H,25,28)/t16?,17?,18?,19-/m1/s1. The number of rotatable bonds is 6. The van der Waals surface area contributed by atoms with Crippen LogP contribution in [0.15, 0.2) is 36.5 Å². The van der Waals surface area contributed by atoms with Crippen molar-refractivity contribution in [2.75, 3.05) is 0 Å². The molecule has 3 saturated carbocycles. The fraction of sp³-hybridized carbons (Fsp3) is 0.565. The van der Waals surface area contributed by atoms with Gasteiger partial charge in [-0.25, -0.2) is 9.78 Å². The lowest BCUT2D eigenvalue weighted by Crippen LogP contribution is -2.54. The molecule has 0 saturated heterocycles. The van der Waals surface area contributed by atoms with Crippen LogP contribution in [0.4, 0.5) is 4.79 Å². The van der Waals surface area contributed by atoms with Crippen molar-refractivity contribution in [3.63, 3.8) is 0 Å². The fourth-order valence-electron chi connectivity index (χ4n) is 4.60. The molecule has 30 heavy (non-hydrogen) atoms. The van der Waals surface area contributed by atoms with Crippen molar-refractivity contribution in [3.8, 4) is 0 Å². The van der Waals surface area contributed by atoms with E-state index < -0.39 is 5.60 Å². The van der Waals surface area contributed by atoms with Gasteiger partial charge in [0.2, 0.25) is 0 Å². The number of imidazole rings is 1. The van der Waals surface area contributed by atoms with E-state index in [2.05, 4.69) is 50.8 Å². The maximum absolute atomic E-state index is 12.3. The van der Waals surface area contributed by atoms with Gasteiger partial charge in [-0.3, -0.25) is 0 Å². The summed E-state index contributed by atoms with van der Waals surface area (Å²) in [6.45, 7) is 6.73. The van der Waals surface area contributed by atoms with Gasteiger partial charge < -0.3 is 19.4 Å². The van der Waals surface area contributed by atoms with Gasteiger partial charge in [0, 0.05) is 18.3 Å². The van der Waals surface area contributed by atoms with Gasteiger partial charge in [0.1, 0.15) is 21.7 Å². The molecular weight excluding hydrogens is 493 g/mol. The number of amides is 1. The number of ether oxygens (including phenoxy) is 2. The summed E-state index contributed by atoms with van der Waals surface area (Å²) < 4.78 is 14.7. The smallest absolute Gasteiger partial charge is 0.407 e. The number of halogens is 1. The molecule has 1 heterocycles. The summed E-state index contributed by atoms with van der Waals surface area (Å²) in [6, 6.07) is 10.7. The zero-order valence-electron chi connectivity index (χ0n) is 17.8. The highest BCUT2D eigenvalue weighted by molar-refractivity contribution is 14.1. The van der Waals surface area contributed by atoms with E-state index in [1.165, 1.54) is 0 Å². The van der Waals surface area contributed by atoms with Crippen LogP contribution in [0.1, 0.15) is 57.5 Å². The second kappa shape index (κ2) is 8.86. The van der Waals surface area contributed by atoms with Gasteiger partial charge in [-0.1, -0.05) is 30.3 Å². The zero-order chi connectivity index (χ0) is 21.3. The topological polar surface area (TPSA) is 65.4 Å². The van der Waals surface area contributed by atoms with E-state index >= 15 is 0 Å². The van der Waals surface area contributed by atoms with Crippen molar-refractivity contribution in [3.05, 3.63) is 51.6 Å². The van der Waals surface area contributed by atoms with Crippen molar-refractivity contribution < 1.29 is 14.3 Å². The van der Waals surface area contributed by atoms with E-state index in [4.69, 9.17) is 14.5 Å². The first-order chi connectivity index (χ1) is 14.3. The molecule has 3 aliphatic carbocycles. The van der Waals surface area contributed by atoms with E-state index in [0.717, 1.165) is 34.4 Å². The van der Waals surface area contributed by atoms with E-state index in [-0.39, 0.29) is 12.1 Å². The minimum atomic E-state index is -0.482. The number of benzene rings is 1.